The monoisotopic (exact) mass is 514 g/mol. The first-order chi connectivity index (χ1) is 18.0. The van der Waals surface area contributed by atoms with Crippen LogP contribution in [0.2, 0.25) is 0 Å². The number of carbonyl (C=O) groups is 2. The fourth-order valence-electron chi connectivity index (χ4n) is 4.39. The van der Waals surface area contributed by atoms with Crippen LogP contribution in [0.5, 0.6) is 11.5 Å². The maximum absolute atomic E-state index is 12.4. The number of benzene rings is 2. The van der Waals surface area contributed by atoms with E-state index in [4.69, 9.17) is 15.6 Å². The number of amides is 2. The van der Waals surface area contributed by atoms with E-state index in [1.165, 1.54) is 11.0 Å². The van der Waals surface area contributed by atoms with Crippen molar-refractivity contribution in [3.8, 4) is 22.6 Å². The lowest BCUT2D eigenvalue weighted by Crippen LogP contribution is -2.31. The molecule has 3 heterocycles. The van der Waals surface area contributed by atoms with E-state index in [9.17, 15) is 9.59 Å². The van der Waals surface area contributed by atoms with Crippen molar-refractivity contribution < 1.29 is 19.4 Å². The third-order valence-electron chi connectivity index (χ3n) is 6.33. The molecule has 2 aromatic heterocycles. The van der Waals surface area contributed by atoms with Gasteiger partial charge >= 0.3 is 6.09 Å². The van der Waals surface area contributed by atoms with Gasteiger partial charge in [0.25, 0.3) is 0 Å². The summed E-state index contributed by atoms with van der Waals surface area (Å²) in [7, 11) is 0. The van der Waals surface area contributed by atoms with Crippen LogP contribution in [-0.2, 0) is 4.79 Å². The van der Waals surface area contributed by atoms with Gasteiger partial charge in [-0.05, 0) is 53.6 Å². The molecule has 1 saturated heterocycles. The molecule has 37 heavy (non-hydrogen) atoms. The number of anilines is 1. The topological polar surface area (TPSA) is 118 Å². The van der Waals surface area contributed by atoms with Crippen molar-refractivity contribution >= 4 is 45.3 Å². The molecule has 0 bridgehead atoms. The average molecular weight is 515 g/mol. The Balaban J connectivity index is 1.28. The molecule has 1 atom stereocenters. The van der Waals surface area contributed by atoms with Gasteiger partial charge in [-0.1, -0.05) is 30.3 Å². The number of likely N-dealkylation sites (tertiary alicyclic amines) is 1. The molecule has 2 amide bonds. The summed E-state index contributed by atoms with van der Waals surface area (Å²) in [5, 5.41) is 14.8. The molecular formula is C28H26N4O4S. The summed E-state index contributed by atoms with van der Waals surface area (Å²) in [6.45, 7) is 1.39. The van der Waals surface area contributed by atoms with Crippen LogP contribution >= 0.6 is 11.3 Å². The summed E-state index contributed by atoms with van der Waals surface area (Å²) < 4.78 is 6.84. The number of hydrogen-bond acceptors (Lipinski definition) is 6. The number of aromatic nitrogens is 1. The molecule has 0 spiro atoms. The molecule has 1 aliphatic rings. The van der Waals surface area contributed by atoms with Crippen LogP contribution in [-0.4, -0.2) is 46.6 Å². The maximum atomic E-state index is 12.4. The van der Waals surface area contributed by atoms with Gasteiger partial charge in [-0.25, -0.2) is 9.78 Å². The fourth-order valence-corrected chi connectivity index (χ4v) is 5.47. The quantitative estimate of drug-likeness (QED) is 0.282. The average Bonchev–Trinajstić information content (AvgIpc) is 3.57. The van der Waals surface area contributed by atoms with E-state index in [1.807, 2.05) is 60.0 Å². The van der Waals surface area contributed by atoms with Crippen LogP contribution in [0, 0.1) is 5.92 Å². The molecule has 0 radical (unpaired) electrons. The SMILES string of the molecule is Nc1ncc(/C=C/C(=O)NCC2CCN(C(=O)O)C2)c2scc(-c3ccc(Oc4ccccc4)cc3)c12. The van der Waals surface area contributed by atoms with E-state index in [-0.39, 0.29) is 11.8 Å². The summed E-state index contributed by atoms with van der Waals surface area (Å²) in [5.74, 6) is 1.84. The standard InChI is InChI=1S/C28H26N4O4S/c29-27-25-23(19-6-9-22(10-7-19)36-21-4-2-1-3-5-21)17-37-26(25)20(15-31-27)8-11-24(33)30-14-18-12-13-32(16-18)28(34)35/h1-11,15,17-18H,12-14,16H2,(H2,29,31)(H,30,33)(H,34,35)/b11-8+. The highest BCUT2D eigenvalue weighted by atomic mass is 32.1. The molecule has 1 fully saturated rings. The summed E-state index contributed by atoms with van der Waals surface area (Å²) in [5.41, 5.74) is 9.03. The number of nitrogens with two attached hydrogens (primary N) is 1. The minimum atomic E-state index is -0.916. The van der Waals surface area contributed by atoms with Gasteiger partial charge in [-0.3, -0.25) is 4.79 Å². The van der Waals surface area contributed by atoms with Crippen molar-refractivity contribution in [1.82, 2.24) is 15.2 Å². The van der Waals surface area contributed by atoms with Gasteiger partial charge in [0.1, 0.15) is 17.3 Å². The fraction of sp³-hybridized carbons (Fsp3) is 0.179. The number of hydrogen-bond donors (Lipinski definition) is 3. The lowest BCUT2D eigenvalue weighted by Gasteiger charge is -2.12. The molecule has 1 aliphatic heterocycles. The zero-order valence-corrected chi connectivity index (χ0v) is 20.8. The Morgan fingerprint density at radius 3 is 2.65 bits per heavy atom. The molecule has 8 nitrogen and oxygen atoms in total. The molecule has 0 aliphatic carbocycles. The number of nitrogens with zero attached hydrogens (tertiary/aromatic N) is 2. The molecular weight excluding hydrogens is 488 g/mol. The second-order valence-corrected chi connectivity index (χ2v) is 9.73. The Morgan fingerprint density at radius 1 is 1.16 bits per heavy atom. The smallest absolute Gasteiger partial charge is 0.407 e. The lowest BCUT2D eigenvalue weighted by molar-refractivity contribution is -0.116. The van der Waals surface area contributed by atoms with Gasteiger partial charge in [0, 0.05) is 53.1 Å². The zero-order valence-electron chi connectivity index (χ0n) is 20.0. The third kappa shape index (κ3) is 5.57. The first-order valence-corrected chi connectivity index (χ1v) is 12.8. The van der Waals surface area contributed by atoms with Crippen molar-refractivity contribution in [2.75, 3.05) is 25.4 Å². The number of rotatable bonds is 7. The van der Waals surface area contributed by atoms with Gasteiger partial charge in [-0.15, -0.1) is 11.3 Å². The van der Waals surface area contributed by atoms with Gasteiger partial charge in [0.05, 0.1) is 0 Å². The first-order valence-electron chi connectivity index (χ1n) is 11.9. The Hall–Kier alpha value is -4.37. The summed E-state index contributed by atoms with van der Waals surface area (Å²) >= 11 is 1.55. The van der Waals surface area contributed by atoms with Gasteiger partial charge in [-0.2, -0.15) is 0 Å². The molecule has 1 unspecified atom stereocenters. The predicted octanol–water partition coefficient (Wildman–Crippen LogP) is 5.47. The number of nitrogen functional groups attached to an aromatic ring is 1. The first kappa shape index (κ1) is 24.3. The third-order valence-corrected chi connectivity index (χ3v) is 7.36. The Bertz CT molecular complexity index is 1450. The zero-order chi connectivity index (χ0) is 25.8. The van der Waals surface area contributed by atoms with E-state index in [0.717, 1.165) is 44.7 Å². The highest BCUT2D eigenvalue weighted by Crippen LogP contribution is 2.39. The molecule has 9 heteroatoms. The van der Waals surface area contributed by atoms with Crippen molar-refractivity contribution in [2.45, 2.75) is 6.42 Å². The predicted molar refractivity (Wildman–Crippen MR) is 146 cm³/mol. The number of carbonyl (C=O) groups excluding carboxylic acids is 1. The summed E-state index contributed by atoms with van der Waals surface area (Å²) in [6, 6.07) is 17.4. The van der Waals surface area contributed by atoms with E-state index < -0.39 is 6.09 Å². The minimum Gasteiger partial charge on any atom is -0.465 e. The lowest BCUT2D eigenvalue weighted by atomic mass is 10.0. The summed E-state index contributed by atoms with van der Waals surface area (Å²) in [6.07, 6.45) is 4.71. The van der Waals surface area contributed by atoms with Gasteiger partial charge in [0.2, 0.25) is 5.91 Å². The second-order valence-electron chi connectivity index (χ2n) is 8.85. The van der Waals surface area contributed by atoms with E-state index in [1.54, 1.807) is 23.6 Å². The Morgan fingerprint density at radius 2 is 1.92 bits per heavy atom. The van der Waals surface area contributed by atoms with Gasteiger partial charge in [0.15, 0.2) is 0 Å². The number of fused-ring (bicyclic) bond motifs is 1. The normalized spacial score (nSPS) is 15.4. The number of thiophene rings is 1. The number of pyridine rings is 1. The molecule has 0 saturated carbocycles. The molecule has 5 rings (SSSR count). The molecule has 4 aromatic rings. The van der Waals surface area contributed by atoms with Crippen molar-refractivity contribution in [3.05, 3.63) is 77.8 Å². The minimum absolute atomic E-state index is 0.127. The van der Waals surface area contributed by atoms with Crippen LogP contribution in [0.25, 0.3) is 27.3 Å². The van der Waals surface area contributed by atoms with Crippen molar-refractivity contribution in [2.24, 2.45) is 5.92 Å². The van der Waals surface area contributed by atoms with Crippen LogP contribution in [0.4, 0.5) is 10.6 Å². The number of para-hydroxylation sites is 1. The molecule has 188 valence electrons. The summed E-state index contributed by atoms with van der Waals surface area (Å²) in [4.78, 5) is 29.2. The number of ether oxygens (including phenoxy) is 1. The van der Waals surface area contributed by atoms with Crippen molar-refractivity contribution in [3.63, 3.8) is 0 Å². The largest absolute Gasteiger partial charge is 0.465 e. The Labute approximate surface area is 218 Å². The van der Waals surface area contributed by atoms with Crippen LogP contribution in [0.3, 0.4) is 0 Å². The molecule has 4 N–H and O–H groups in total. The number of carboxylic acid groups (broad SMARTS) is 1. The second kappa shape index (κ2) is 10.7. The highest BCUT2D eigenvalue weighted by Gasteiger charge is 2.25. The number of nitrogens with one attached hydrogen (secondary N) is 1. The van der Waals surface area contributed by atoms with Crippen molar-refractivity contribution in [1.29, 1.82) is 0 Å². The van der Waals surface area contributed by atoms with E-state index >= 15 is 0 Å². The van der Waals surface area contributed by atoms with E-state index in [0.29, 0.717) is 25.5 Å². The molecule has 2 aromatic carbocycles. The van der Waals surface area contributed by atoms with E-state index in [2.05, 4.69) is 10.3 Å². The highest BCUT2D eigenvalue weighted by molar-refractivity contribution is 7.18. The van der Waals surface area contributed by atoms with Crippen LogP contribution in [0.1, 0.15) is 12.0 Å². The maximum Gasteiger partial charge on any atom is 0.407 e. The Kier molecular flexibility index (Phi) is 7.04. The van der Waals surface area contributed by atoms with Crippen LogP contribution < -0.4 is 15.8 Å². The van der Waals surface area contributed by atoms with Crippen LogP contribution in [0.15, 0.2) is 72.3 Å². The van der Waals surface area contributed by atoms with Gasteiger partial charge < -0.3 is 25.8 Å².